The highest BCUT2D eigenvalue weighted by Crippen LogP contribution is 2.33. The van der Waals surface area contributed by atoms with Gasteiger partial charge in [0.15, 0.2) is 5.13 Å². The number of nitrogens with zero attached hydrogens (tertiary/aromatic N) is 4. The van der Waals surface area contributed by atoms with Crippen LogP contribution in [-0.2, 0) is 11.8 Å². The Morgan fingerprint density at radius 1 is 1.44 bits per heavy atom. The van der Waals surface area contributed by atoms with E-state index < -0.39 is 0 Å². The number of carbonyl (C=O) groups is 1. The molecule has 2 aromatic heterocycles. The molecule has 27 heavy (non-hydrogen) atoms. The second kappa shape index (κ2) is 7.28. The topological polar surface area (TPSA) is 69.5 Å². The van der Waals surface area contributed by atoms with Crippen molar-refractivity contribution in [1.29, 1.82) is 0 Å². The number of benzene rings is 1. The molecular weight excluding hydrogens is 364 g/mol. The van der Waals surface area contributed by atoms with Gasteiger partial charge in [0.2, 0.25) is 0 Å². The number of fused-ring (bicyclic) bond motifs is 1. The summed E-state index contributed by atoms with van der Waals surface area (Å²) in [5, 5.41) is 4.97. The van der Waals surface area contributed by atoms with Crippen molar-refractivity contribution in [2.24, 2.45) is 7.05 Å². The van der Waals surface area contributed by atoms with Crippen molar-refractivity contribution >= 4 is 32.6 Å². The lowest BCUT2D eigenvalue weighted by Gasteiger charge is -2.22. The van der Waals surface area contributed by atoms with E-state index in [1.54, 1.807) is 29.8 Å². The Hall–Kier alpha value is -2.45. The van der Waals surface area contributed by atoms with Gasteiger partial charge in [-0.3, -0.25) is 14.4 Å². The van der Waals surface area contributed by atoms with Gasteiger partial charge in [0.05, 0.1) is 35.7 Å². The number of aromatic nitrogens is 3. The fourth-order valence-corrected chi connectivity index (χ4v) is 4.33. The molecule has 3 aromatic rings. The summed E-state index contributed by atoms with van der Waals surface area (Å²) in [5.74, 6) is 0.664. The Labute approximate surface area is 161 Å². The molecule has 3 heterocycles. The smallest absolute Gasteiger partial charge is 0.278 e. The van der Waals surface area contributed by atoms with Gasteiger partial charge < -0.3 is 9.47 Å². The van der Waals surface area contributed by atoms with E-state index >= 15 is 0 Å². The molecule has 7 nitrogen and oxygen atoms in total. The van der Waals surface area contributed by atoms with Crippen molar-refractivity contribution in [1.82, 2.24) is 14.8 Å². The highest BCUT2D eigenvalue weighted by molar-refractivity contribution is 7.22. The van der Waals surface area contributed by atoms with Crippen LogP contribution in [0.3, 0.4) is 0 Å². The first kappa shape index (κ1) is 17.9. The van der Waals surface area contributed by atoms with E-state index in [0.29, 0.717) is 17.4 Å². The van der Waals surface area contributed by atoms with Crippen LogP contribution >= 0.6 is 11.3 Å². The molecule has 0 unspecified atom stereocenters. The highest BCUT2D eigenvalue weighted by atomic mass is 32.1. The minimum atomic E-state index is -0.111. The molecule has 0 saturated carbocycles. The van der Waals surface area contributed by atoms with Gasteiger partial charge in [-0.15, -0.1) is 0 Å². The zero-order chi connectivity index (χ0) is 19.0. The summed E-state index contributed by atoms with van der Waals surface area (Å²) < 4.78 is 13.7. The van der Waals surface area contributed by atoms with Crippen molar-refractivity contribution in [3.05, 3.63) is 35.7 Å². The fraction of sp³-hybridized carbons (Fsp3) is 0.421. The van der Waals surface area contributed by atoms with Crippen molar-refractivity contribution in [2.75, 3.05) is 25.2 Å². The van der Waals surface area contributed by atoms with E-state index in [1.165, 1.54) is 11.3 Å². The first-order valence-corrected chi connectivity index (χ1v) is 9.75. The SMILES string of the molecule is COc1ccc2nc(N(C[C@@H]3CCCO3)C(=O)c3cc(C)nn3C)sc2c1. The lowest BCUT2D eigenvalue weighted by molar-refractivity contribution is 0.0909. The standard InChI is InChI=1S/C19H22N4O3S/c1-12-9-16(22(2)21-12)18(24)23(11-14-5-4-8-26-14)19-20-15-7-6-13(25-3)10-17(15)27-19/h6-7,9-10,14H,4-5,8,11H2,1-3H3/t14-/m0/s1. The molecule has 4 rings (SSSR count). The van der Waals surface area contributed by atoms with Crippen molar-refractivity contribution in [2.45, 2.75) is 25.9 Å². The third-order valence-electron chi connectivity index (χ3n) is 4.69. The van der Waals surface area contributed by atoms with Crippen LogP contribution in [0, 0.1) is 6.92 Å². The summed E-state index contributed by atoms with van der Waals surface area (Å²) in [6.45, 7) is 3.11. The van der Waals surface area contributed by atoms with Crippen LogP contribution in [0.25, 0.3) is 10.2 Å². The van der Waals surface area contributed by atoms with Crippen molar-refractivity contribution < 1.29 is 14.3 Å². The molecule has 1 fully saturated rings. The highest BCUT2D eigenvalue weighted by Gasteiger charge is 2.28. The van der Waals surface area contributed by atoms with Crippen LogP contribution in [-0.4, -0.2) is 47.0 Å². The van der Waals surface area contributed by atoms with Gasteiger partial charge >= 0.3 is 0 Å². The molecular formula is C19H22N4O3S. The van der Waals surface area contributed by atoms with Crippen LogP contribution in [0.4, 0.5) is 5.13 Å². The minimum Gasteiger partial charge on any atom is -0.497 e. The Bertz CT molecular complexity index is 975. The number of ether oxygens (including phenoxy) is 2. The zero-order valence-corrected chi connectivity index (χ0v) is 16.5. The van der Waals surface area contributed by atoms with Gasteiger partial charge in [-0.1, -0.05) is 11.3 Å². The maximum Gasteiger partial charge on any atom is 0.278 e. The van der Waals surface area contributed by atoms with Gasteiger partial charge in [0, 0.05) is 13.7 Å². The summed E-state index contributed by atoms with van der Waals surface area (Å²) >= 11 is 1.48. The summed E-state index contributed by atoms with van der Waals surface area (Å²) in [4.78, 5) is 19.7. The second-order valence-electron chi connectivity index (χ2n) is 6.68. The van der Waals surface area contributed by atoms with E-state index in [4.69, 9.17) is 14.5 Å². The predicted octanol–water partition coefficient (Wildman–Crippen LogP) is 3.17. The number of thiazole rings is 1. The van der Waals surface area contributed by atoms with Gasteiger partial charge in [0.25, 0.3) is 5.91 Å². The minimum absolute atomic E-state index is 0.0322. The molecule has 1 aromatic carbocycles. The predicted molar refractivity (Wildman–Crippen MR) is 105 cm³/mol. The van der Waals surface area contributed by atoms with Crippen LogP contribution in [0.5, 0.6) is 5.75 Å². The van der Waals surface area contributed by atoms with E-state index in [0.717, 1.165) is 41.1 Å². The maximum absolute atomic E-state index is 13.3. The summed E-state index contributed by atoms with van der Waals surface area (Å²) in [5.41, 5.74) is 2.21. The number of carbonyl (C=O) groups excluding carboxylic acids is 1. The monoisotopic (exact) mass is 386 g/mol. The number of rotatable bonds is 5. The maximum atomic E-state index is 13.3. The number of methoxy groups -OCH3 is 1. The molecule has 0 radical (unpaired) electrons. The summed E-state index contributed by atoms with van der Waals surface area (Å²) in [7, 11) is 3.43. The number of amides is 1. The Kier molecular flexibility index (Phi) is 4.84. The Balaban J connectivity index is 1.72. The molecule has 8 heteroatoms. The van der Waals surface area contributed by atoms with Gasteiger partial charge in [-0.2, -0.15) is 5.10 Å². The largest absolute Gasteiger partial charge is 0.497 e. The molecule has 1 aliphatic rings. The Morgan fingerprint density at radius 2 is 2.30 bits per heavy atom. The summed E-state index contributed by atoms with van der Waals surface area (Å²) in [6.07, 6.45) is 2.01. The second-order valence-corrected chi connectivity index (χ2v) is 7.68. The third kappa shape index (κ3) is 3.54. The van der Waals surface area contributed by atoms with Crippen molar-refractivity contribution in [3.8, 4) is 5.75 Å². The molecule has 0 N–H and O–H groups in total. The molecule has 1 saturated heterocycles. The van der Waals surface area contributed by atoms with E-state index in [1.807, 2.05) is 25.1 Å². The molecule has 0 bridgehead atoms. The molecule has 1 atom stereocenters. The average molecular weight is 386 g/mol. The van der Waals surface area contributed by atoms with E-state index in [9.17, 15) is 4.79 Å². The Morgan fingerprint density at radius 3 is 2.96 bits per heavy atom. The van der Waals surface area contributed by atoms with Crippen molar-refractivity contribution in [3.63, 3.8) is 0 Å². The van der Waals surface area contributed by atoms with Gasteiger partial charge in [-0.25, -0.2) is 4.98 Å². The van der Waals surface area contributed by atoms with Gasteiger partial charge in [0.1, 0.15) is 11.4 Å². The van der Waals surface area contributed by atoms with Gasteiger partial charge in [-0.05, 0) is 44.0 Å². The van der Waals surface area contributed by atoms with Crippen LogP contribution < -0.4 is 9.64 Å². The summed E-state index contributed by atoms with van der Waals surface area (Å²) in [6, 6.07) is 7.54. The molecule has 0 aliphatic carbocycles. The first-order valence-electron chi connectivity index (χ1n) is 8.94. The van der Waals surface area contributed by atoms with E-state index in [2.05, 4.69) is 5.10 Å². The molecule has 142 valence electrons. The van der Waals surface area contributed by atoms with Crippen LogP contribution in [0.1, 0.15) is 29.0 Å². The van der Waals surface area contributed by atoms with Crippen LogP contribution in [0.15, 0.2) is 24.3 Å². The average Bonchev–Trinajstić information content (AvgIpc) is 3.37. The lowest BCUT2D eigenvalue weighted by Crippen LogP contribution is -2.38. The number of hydrogen-bond acceptors (Lipinski definition) is 6. The number of anilines is 1. The number of aryl methyl sites for hydroxylation is 2. The first-order chi connectivity index (χ1) is 13.0. The quantitative estimate of drug-likeness (QED) is 0.674. The van der Waals surface area contributed by atoms with Crippen LogP contribution in [0.2, 0.25) is 0 Å². The fourth-order valence-electron chi connectivity index (χ4n) is 3.32. The van der Waals surface area contributed by atoms with E-state index in [-0.39, 0.29) is 12.0 Å². The molecule has 0 spiro atoms. The third-order valence-corrected chi connectivity index (χ3v) is 5.73. The molecule has 1 aliphatic heterocycles. The number of hydrogen-bond donors (Lipinski definition) is 0. The zero-order valence-electron chi connectivity index (χ0n) is 15.6. The lowest BCUT2D eigenvalue weighted by atomic mass is 10.2. The normalized spacial score (nSPS) is 16.8. The molecule has 1 amide bonds.